The van der Waals surface area contributed by atoms with Crippen molar-refractivity contribution in [3.63, 3.8) is 0 Å². The topological polar surface area (TPSA) is 61.8 Å². The molecule has 0 fully saturated rings. The summed E-state index contributed by atoms with van der Waals surface area (Å²) in [6.45, 7) is 4.08. The van der Waals surface area contributed by atoms with E-state index in [1.165, 1.54) is 0 Å². The van der Waals surface area contributed by atoms with Gasteiger partial charge in [0.25, 0.3) is 0 Å². The molecule has 2 rings (SSSR count). The Hall–Kier alpha value is -2.47. The lowest BCUT2D eigenvalue weighted by Crippen LogP contribution is -2.08. The second-order valence-electron chi connectivity index (χ2n) is 4.69. The number of nitrogens with zero attached hydrogens (tertiary/aromatic N) is 1. The molecule has 2 aromatic carbocycles. The van der Waals surface area contributed by atoms with Crippen LogP contribution >= 0.6 is 0 Å². The predicted octanol–water partition coefficient (Wildman–Crippen LogP) is 3.62. The number of nitrogens with one attached hydrogen (secondary N) is 1. The van der Waals surface area contributed by atoms with Gasteiger partial charge in [-0.05, 0) is 49.2 Å². The zero-order valence-electron chi connectivity index (χ0n) is 11.1. The quantitative estimate of drug-likeness (QED) is 0.819. The standard InChI is InChI=1S/C16H17N3/c1-11-3-4-14(10-17)16(9-11)19-12(2)13-5-7-15(18)8-6-13/h3-9,12,19H,18H2,1-2H3. The first-order valence-corrected chi connectivity index (χ1v) is 6.23. The fraction of sp³-hybridized carbons (Fsp3) is 0.188. The molecule has 0 saturated heterocycles. The molecule has 3 heteroatoms. The largest absolute Gasteiger partial charge is 0.399 e. The zero-order chi connectivity index (χ0) is 13.8. The van der Waals surface area contributed by atoms with Gasteiger partial charge < -0.3 is 11.1 Å². The first kappa shape index (κ1) is 13.0. The Bertz CT molecular complexity index is 609. The van der Waals surface area contributed by atoms with Crippen molar-refractivity contribution in [3.05, 3.63) is 59.2 Å². The molecule has 0 spiro atoms. The second kappa shape index (κ2) is 5.45. The van der Waals surface area contributed by atoms with Crippen LogP contribution in [0, 0.1) is 18.3 Å². The second-order valence-corrected chi connectivity index (χ2v) is 4.69. The minimum absolute atomic E-state index is 0.120. The summed E-state index contributed by atoms with van der Waals surface area (Å²) in [7, 11) is 0. The Morgan fingerprint density at radius 1 is 1.16 bits per heavy atom. The smallest absolute Gasteiger partial charge is 0.101 e. The van der Waals surface area contributed by atoms with Gasteiger partial charge in [0, 0.05) is 11.7 Å². The van der Waals surface area contributed by atoms with Crippen LogP contribution in [0.2, 0.25) is 0 Å². The van der Waals surface area contributed by atoms with E-state index in [0.29, 0.717) is 5.56 Å². The van der Waals surface area contributed by atoms with E-state index in [4.69, 9.17) is 11.0 Å². The van der Waals surface area contributed by atoms with E-state index in [1.807, 2.05) is 49.4 Å². The number of rotatable bonds is 3. The van der Waals surface area contributed by atoms with Crippen molar-refractivity contribution in [2.45, 2.75) is 19.9 Å². The van der Waals surface area contributed by atoms with Crippen LogP contribution < -0.4 is 11.1 Å². The molecule has 0 saturated carbocycles. The number of anilines is 2. The van der Waals surface area contributed by atoms with E-state index in [0.717, 1.165) is 22.5 Å². The fourth-order valence-corrected chi connectivity index (χ4v) is 1.98. The van der Waals surface area contributed by atoms with Crippen LogP contribution in [-0.4, -0.2) is 0 Å². The highest BCUT2D eigenvalue weighted by Gasteiger charge is 2.08. The summed E-state index contributed by atoms with van der Waals surface area (Å²) in [5, 5.41) is 12.5. The average molecular weight is 251 g/mol. The number of nitrogen functional groups attached to an aromatic ring is 1. The minimum atomic E-state index is 0.120. The lowest BCUT2D eigenvalue weighted by atomic mass is 10.1. The summed E-state index contributed by atoms with van der Waals surface area (Å²) in [4.78, 5) is 0. The molecule has 3 nitrogen and oxygen atoms in total. The number of hydrogen-bond acceptors (Lipinski definition) is 3. The molecule has 0 heterocycles. The molecular weight excluding hydrogens is 234 g/mol. The number of aryl methyl sites for hydroxylation is 1. The van der Waals surface area contributed by atoms with E-state index >= 15 is 0 Å². The maximum Gasteiger partial charge on any atom is 0.101 e. The van der Waals surface area contributed by atoms with Crippen LogP contribution in [0.1, 0.15) is 29.7 Å². The number of nitriles is 1. The van der Waals surface area contributed by atoms with E-state index in [1.54, 1.807) is 0 Å². The first-order valence-electron chi connectivity index (χ1n) is 6.23. The number of benzene rings is 2. The SMILES string of the molecule is Cc1ccc(C#N)c(NC(C)c2ccc(N)cc2)c1. The molecule has 1 unspecified atom stereocenters. The summed E-state index contributed by atoms with van der Waals surface area (Å²) < 4.78 is 0. The van der Waals surface area contributed by atoms with E-state index < -0.39 is 0 Å². The molecule has 0 radical (unpaired) electrons. The molecule has 0 bridgehead atoms. The number of nitrogens with two attached hydrogens (primary N) is 1. The summed E-state index contributed by atoms with van der Waals surface area (Å²) in [6.07, 6.45) is 0. The number of hydrogen-bond donors (Lipinski definition) is 2. The third-order valence-electron chi connectivity index (χ3n) is 3.10. The summed E-state index contributed by atoms with van der Waals surface area (Å²) in [6, 6.07) is 15.9. The van der Waals surface area contributed by atoms with Crippen molar-refractivity contribution < 1.29 is 0 Å². The van der Waals surface area contributed by atoms with Gasteiger partial charge in [-0.15, -0.1) is 0 Å². The molecule has 1 atom stereocenters. The third kappa shape index (κ3) is 3.05. The van der Waals surface area contributed by atoms with Crippen molar-refractivity contribution >= 4 is 11.4 Å². The van der Waals surface area contributed by atoms with Gasteiger partial charge in [-0.2, -0.15) is 5.26 Å². The maximum atomic E-state index is 9.12. The van der Waals surface area contributed by atoms with Gasteiger partial charge in [-0.25, -0.2) is 0 Å². The average Bonchev–Trinajstić information content (AvgIpc) is 2.39. The molecule has 0 aliphatic carbocycles. The van der Waals surface area contributed by atoms with Crippen LogP contribution in [0.15, 0.2) is 42.5 Å². The fourth-order valence-electron chi connectivity index (χ4n) is 1.98. The van der Waals surface area contributed by atoms with Gasteiger partial charge in [-0.1, -0.05) is 18.2 Å². The van der Waals surface area contributed by atoms with Crippen molar-refractivity contribution in [2.24, 2.45) is 0 Å². The first-order chi connectivity index (χ1) is 9.10. The summed E-state index contributed by atoms with van der Waals surface area (Å²) >= 11 is 0. The van der Waals surface area contributed by atoms with Gasteiger partial charge >= 0.3 is 0 Å². The molecule has 3 N–H and O–H groups in total. The summed E-state index contributed by atoms with van der Waals surface area (Å²) in [5.74, 6) is 0. The van der Waals surface area contributed by atoms with Crippen molar-refractivity contribution in [1.82, 2.24) is 0 Å². The van der Waals surface area contributed by atoms with E-state index in [-0.39, 0.29) is 6.04 Å². The van der Waals surface area contributed by atoms with Gasteiger partial charge in [0.1, 0.15) is 6.07 Å². The molecule has 2 aromatic rings. The van der Waals surface area contributed by atoms with E-state index in [2.05, 4.69) is 18.3 Å². The van der Waals surface area contributed by atoms with Crippen molar-refractivity contribution in [1.29, 1.82) is 5.26 Å². The van der Waals surface area contributed by atoms with Gasteiger partial charge in [0.2, 0.25) is 0 Å². The van der Waals surface area contributed by atoms with Crippen LogP contribution in [0.25, 0.3) is 0 Å². The Balaban J connectivity index is 2.23. The molecular formula is C16H17N3. The molecule has 0 aliphatic rings. The lowest BCUT2D eigenvalue weighted by Gasteiger charge is -2.17. The van der Waals surface area contributed by atoms with Gasteiger partial charge in [-0.3, -0.25) is 0 Å². The Morgan fingerprint density at radius 3 is 2.47 bits per heavy atom. The van der Waals surface area contributed by atoms with Gasteiger partial charge in [0.05, 0.1) is 11.3 Å². The summed E-state index contributed by atoms with van der Waals surface area (Å²) in [5.41, 5.74) is 10.2. The molecule has 0 aromatic heterocycles. The lowest BCUT2D eigenvalue weighted by molar-refractivity contribution is 0.884. The molecule has 0 amide bonds. The predicted molar refractivity (Wildman–Crippen MR) is 78.8 cm³/mol. The van der Waals surface area contributed by atoms with Gasteiger partial charge in [0.15, 0.2) is 0 Å². The van der Waals surface area contributed by atoms with Crippen molar-refractivity contribution in [3.8, 4) is 6.07 Å². The maximum absolute atomic E-state index is 9.12. The Labute approximate surface area is 113 Å². The molecule has 96 valence electrons. The third-order valence-corrected chi connectivity index (χ3v) is 3.10. The minimum Gasteiger partial charge on any atom is -0.399 e. The Morgan fingerprint density at radius 2 is 1.84 bits per heavy atom. The van der Waals surface area contributed by atoms with Crippen LogP contribution in [-0.2, 0) is 0 Å². The highest BCUT2D eigenvalue weighted by Crippen LogP contribution is 2.23. The van der Waals surface area contributed by atoms with E-state index in [9.17, 15) is 0 Å². The van der Waals surface area contributed by atoms with Crippen LogP contribution in [0.3, 0.4) is 0 Å². The van der Waals surface area contributed by atoms with Crippen molar-refractivity contribution in [2.75, 3.05) is 11.1 Å². The monoisotopic (exact) mass is 251 g/mol. The highest BCUT2D eigenvalue weighted by atomic mass is 14.9. The van der Waals surface area contributed by atoms with Crippen LogP contribution in [0.5, 0.6) is 0 Å². The zero-order valence-corrected chi connectivity index (χ0v) is 11.1. The normalized spacial score (nSPS) is 11.6. The molecule has 0 aliphatic heterocycles. The molecule has 19 heavy (non-hydrogen) atoms. The highest BCUT2D eigenvalue weighted by molar-refractivity contribution is 5.59. The van der Waals surface area contributed by atoms with Crippen LogP contribution in [0.4, 0.5) is 11.4 Å². The Kier molecular flexibility index (Phi) is 3.72.